The van der Waals surface area contributed by atoms with Crippen LogP contribution < -0.4 is 5.32 Å². The SMILES string of the molecule is CC(C)C1Nc2ccccc2C(=O)N1CCc1ccccc1. The van der Waals surface area contributed by atoms with E-state index in [0.29, 0.717) is 5.92 Å². The monoisotopic (exact) mass is 294 g/mol. The number of hydrogen-bond acceptors (Lipinski definition) is 2. The van der Waals surface area contributed by atoms with E-state index in [4.69, 9.17) is 0 Å². The van der Waals surface area contributed by atoms with E-state index in [-0.39, 0.29) is 12.1 Å². The van der Waals surface area contributed by atoms with Gasteiger partial charge in [0, 0.05) is 12.2 Å². The zero-order valence-corrected chi connectivity index (χ0v) is 13.1. The molecule has 0 bridgehead atoms. The molecule has 3 rings (SSSR count). The molecular weight excluding hydrogens is 272 g/mol. The topological polar surface area (TPSA) is 32.3 Å². The van der Waals surface area contributed by atoms with Gasteiger partial charge >= 0.3 is 0 Å². The number of rotatable bonds is 4. The van der Waals surface area contributed by atoms with E-state index in [0.717, 1.165) is 24.2 Å². The van der Waals surface area contributed by atoms with Crippen LogP contribution in [-0.4, -0.2) is 23.5 Å². The highest BCUT2D eigenvalue weighted by Crippen LogP contribution is 2.28. The zero-order chi connectivity index (χ0) is 15.5. The fourth-order valence-corrected chi connectivity index (χ4v) is 2.98. The van der Waals surface area contributed by atoms with Crippen LogP contribution in [0.4, 0.5) is 5.69 Å². The number of hydrogen-bond donors (Lipinski definition) is 1. The van der Waals surface area contributed by atoms with Crippen LogP contribution in [-0.2, 0) is 6.42 Å². The molecule has 0 radical (unpaired) electrons. The highest BCUT2D eigenvalue weighted by molar-refractivity contribution is 6.01. The molecule has 3 heteroatoms. The molecule has 1 heterocycles. The van der Waals surface area contributed by atoms with E-state index in [1.165, 1.54) is 5.56 Å². The zero-order valence-electron chi connectivity index (χ0n) is 13.1. The number of amides is 1. The molecule has 0 aromatic heterocycles. The molecule has 1 aliphatic heterocycles. The van der Waals surface area contributed by atoms with Gasteiger partial charge in [-0.15, -0.1) is 0 Å². The van der Waals surface area contributed by atoms with Gasteiger partial charge in [0.05, 0.1) is 5.56 Å². The minimum atomic E-state index is 0.0473. The first kappa shape index (κ1) is 14.6. The Kier molecular flexibility index (Phi) is 4.14. The summed E-state index contributed by atoms with van der Waals surface area (Å²) < 4.78 is 0. The molecule has 0 fully saturated rings. The number of nitrogens with one attached hydrogen (secondary N) is 1. The Labute approximate surface area is 132 Å². The summed E-state index contributed by atoms with van der Waals surface area (Å²) in [4.78, 5) is 14.8. The lowest BCUT2D eigenvalue weighted by Gasteiger charge is -2.40. The lowest BCUT2D eigenvalue weighted by Crippen LogP contribution is -2.52. The summed E-state index contributed by atoms with van der Waals surface area (Å²) in [6.07, 6.45) is 0.922. The maximum absolute atomic E-state index is 12.8. The molecular formula is C19H22N2O. The number of nitrogens with zero attached hydrogens (tertiary/aromatic N) is 1. The normalized spacial score (nSPS) is 17.3. The Morgan fingerprint density at radius 2 is 1.73 bits per heavy atom. The minimum Gasteiger partial charge on any atom is -0.364 e. The van der Waals surface area contributed by atoms with E-state index >= 15 is 0 Å². The fraction of sp³-hybridized carbons (Fsp3) is 0.316. The molecule has 0 saturated carbocycles. The maximum Gasteiger partial charge on any atom is 0.257 e. The van der Waals surface area contributed by atoms with Crippen molar-refractivity contribution in [3.8, 4) is 0 Å². The van der Waals surface area contributed by atoms with Gasteiger partial charge in [-0.2, -0.15) is 0 Å². The quantitative estimate of drug-likeness (QED) is 0.930. The standard InChI is InChI=1S/C19H22N2O/c1-14(2)18-20-17-11-7-6-10-16(17)19(22)21(18)13-12-15-8-4-3-5-9-15/h3-11,14,18,20H,12-13H2,1-2H3. The van der Waals surface area contributed by atoms with Crippen molar-refractivity contribution in [3.05, 3.63) is 65.7 Å². The fourth-order valence-electron chi connectivity index (χ4n) is 2.98. The summed E-state index contributed by atoms with van der Waals surface area (Å²) in [6.45, 7) is 5.02. The minimum absolute atomic E-state index is 0.0473. The molecule has 2 aromatic carbocycles. The maximum atomic E-state index is 12.8. The molecule has 0 spiro atoms. The van der Waals surface area contributed by atoms with Crippen molar-refractivity contribution in [3.63, 3.8) is 0 Å². The second-order valence-electron chi connectivity index (χ2n) is 6.11. The Bertz CT molecular complexity index is 651. The van der Waals surface area contributed by atoms with Crippen LogP contribution in [0.25, 0.3) is 0 Å². The summed E-state index contributed by atoms with van der Waals surface area (Å²) in [7, 11) is 0. The number of anilines is 1. The number of carbonyl (C=O) groups is 1. The first-order valence-corrected chi connectivity index (χ1v) is 7.87. The van der Waals surface area contributed by atoms with Crippen LogP contribution >= 0.6 is 0 Å². The largest absolute Gasteiger partial charge is 0.364 e. The van der Waals surface area contributed by atoms with Gasteiger partial charge in [-0.25, -0.2) is 0 Å². The van der Waals surface area contributed by atoms with Crippen molar-refractivity contribution < 1.29 is 4.79 Å². The predicted molar refractivity (Wildman–Crippen MR) is 89.9 cm³/mol. The second kappa shape index (κ2) is 6.22. The molecule has 1 aliphatic rings. The van der Waals surface area contributed by atoms with Gasteiger partial charge in [-0.05, 0) is 30.0 Å². The third kappa shape index (κ3) is 2.84. The Hall–Kier alpha value is -2.29. The van der Waals surface area contributed by atoms with Crippen molar-refractivity contribution in [2.75, 3.05) is 11.9 Å². The summed E-state index contributed by atoms with van der Waals surface area (Å²) in [6, 6.07) is 18.1. The molecule has 0 aliphatic carbocycles. The lowest BCUT2D eigenvalue weighted by molar-refractivity contribution is 0.0642. The average Bonchev–Trinajstić information content (AvgIpc) is 2.54. The molecule has 1 amide bonds. The Morgan fingerprint density at radius 1 is 1.05 bits per heavy atom. The van der Waals surface area contributed by atoms with E-state index in [1.807, 2.05) is 47.4 Å². The average molecular weight is 294 g/mol. The highest BCUT2D eigenvalue weighted by Gasteiger charge is 2.32. The van der Waals surface area contributed by atoms with Crippen molar-refractivity contribution in [1.82, 2.24) is 4.90 Å². The highest BCUT2D eigenvalue weighted by atomic mass is 16.2. The van der Waals surface area contributed by atoms with E-state index in [1.54, 1.807) is 0 Å². The van der Waals surface area contributed by atoms with Gasteiger partial charge < -0.3 is 10.2 Å². The molecule has 1 atom stereocenters. The summed E-state index contributed by atoms with van der Waals surface area (Å²) in [5.74, 6) is 0.483. The molecule has 1 N–H and O–H groups in total. The van der Waals surface area contributed by atoms with Crippen molar-refractivity contribution in [2.24, 2.45) is 5.92 Å². The first-order valence-electron chi connectivity index (χ1n) is 7.87. The third-order valence-corrected chi connectivity index (χ3v) is 4.17. The first-order chi connectivity index (χ1) is 10.7. The van der Waals surface area contributed by atoms with Crippen LogP contribution in [0, 0.1) is 5.92 Å². The molecule has 114 valence electrons. The smallest absolute Gasteiger partial charge is 0.257 e. The predicted octanol–water partition coefficient (Wildman–Crippen LogP) is 3.78. The van der Waals surface area contributed by atoms with Crippen molar-refractivity contribution in [2.45, 2.75) is 26.4 Å². The van der Waals surface area contributed by atoms with Gasteiger partial charge in [-0.1, -0.05) is 56.3 Å². The summed E-state index contributed by atoms with van der Waals surface area (Å²) in [5, 5.41) is 3.52. The van der Waals surface area contributed by atoms with E-state index < -0.39 is 0 Å². The summed E-state index contributed by atoms with van der Waals surface area (Å²) >= 11 is 0. The molecule has 22 heavy (non-hydrogen) atoms. The number of benzene rings is 2. The van der Waals surface area contributed by atoms with Crippen LogP contribution in [0.5, 0.6) is 0 Å². The van der Waals surface area contributed by atoms with Gasteiger partial charge in [0.1, 0.15) is 6.17 Å². The third-order valence-electron chi connectivity index (χ3n) is 4.17. The van der Waals surface area contributed by atoms with Crippen LogP contribution in [0.15, 0.2) is 54.6 Å². The molecule has 0 saturated heterocycles. The molecule has 3 nitrogen and oxygen atoms in total. The van der Waals surface area contributed by atoms with Crippen molar-refractivity contribution >= 4 is 11.6 Å². The Balaban J connectivity index is 1.83. The van der Waals surface area contributed by atoms with Crippen LogP contribution in [0.2, 0.25) is 0 Å². The molecule has 2 aromatic rings. The number of fused-ring (bicyclic) bond motifs is 1. The van der Waals surface area contributed by atoms with Gasteiger partial charge in [0.15, 0.2) is 0 Å². The number of para-hydroxylation sites is 1. The number of carbonyl (C=O) groups excluding carboxylic acids is 1. The van der Waals surface area contributed by atoms with E-state index in [2.05, 4.69) is 31.3 Å². The second-order valence-corrected chi connectivity index (χ2v) is 6.11. The van der Waals surface area contributed by atoms with Crippen LogP contribution in [0.1, 0.15) is 29.8 Å². The van der Waals surface area contributed by atoms with Gasteiger partial charge in [-0.3, -0.25) is 4.79 Å². The Morgan fingerprint density at radius 3 is 2.45 bits per heavy atom. The van der Waals surface area contributed by atoms with E-state index in [9.17, 15) is 4.79 Å². The lowest BCUT2D eigenvalue weighted by atomic mass is 10.0. The molecule has 1 unspecified atom stereocenters. The van der Waals surface area contributed by atoms with Crippen LogP contribution in [0.3, 0.4) is 0 Å². The van der Waals surface area contributed by atoms with Crippen molar-refractivity contribution in [1.29, 1.82) is 0 Å². The van der Waals surface area contributed by atoms with Gasteiger partial charge in [0.25, 0.3) is 5.91 Å². The van der Waals surface area contributed by atoms with Gasteiger partial charge in [0.2, 0.25) is 0 Å². The summed E-state index contributed by atoms with van der Waals surface area (Å²) in [5.41, 5.74) is 2.98.